The number of hydrogen-bond donors (Lipinski definition) is 1. The van der Waals surface area contributed by atoms with Crippen LogP contribution in [0.4, 0.5) is 0 Å². The lowest BCUT2D eigenvalue weighted by Crippen LogP contribution is -2.12. The van der Waals surface area contributed by atoms with Crippen LogP contribution in [0.5, 0.6) is 0 Å². The van der Waals surface area contributed by atoms with Crippen LogP contribution >= 0.6 is 11.6 Å². The van der Waals surface area contributed by atoms with E-state index in [-0.39, 0.29) is 0 Å². The molecule has 0 spiro atoms. The van der Waals surface area contributed by atoms with E-state index in [4.69, 9.17) is 26.8 Å². The van der Waals surface area contributed by atoms with Gasteiger partial charge >= 0.3 is 0 Å². The third-order valence-electron chi connectivity index (χ3n) is 1.96. The molecule has 0 unspecified atom stereocenters. The fourth-order valence-electron chi connectivity index (χ4n) is 1.23. The van der Waals surface area contributed by atoms with Crippen LogP contribution in [0.2, 0.25) is 5.02 Å². The fourth-order valence-corrected chi connectivity index (χ4v) is 1.43. The number of benzene rings is 1. The van der Waals surface area contributed by atoms with Gasteiger partial charge in [0.05, 0.1) is 0 Å². The molecule has 1 aromatic rings. The van der Waals surface area contributed by atoms with Crippen LogP contribution < -0.4 is 5.73 Å². The number of primary amides is 1. The largest absolute Gasteiger partial charge is 0.366 e. The molecular formula is C10H12ClNO3. The van der Waals surface area contributed by atoms with Crippen LogP contribution in [0, 0.1) is 0 Å². The Balaban J connectivity index is 3.15. The molecule has 0 atom stereocenters. The predicted octanol–water partition coefficient (Wildman–Crippen LogP) is 1.73. The number of rotatable bonds is 4. The Morgan fingerprint density at radius 1 is 1.40 bits per heavy atom. The molecule has 0 radical (unpaired) electrons. The minimum atomic E-state index is -0.600. The molecule has 0 bridgehead atoms. The van der Waals surface area contributed by atoms with E-state index in [1.54, 1.807) is 18.2 Å². The van der Waals surface area contributed by atoms with E-state index >= 15 is 0 Å². The molecule has 0 aliphatic heterocycles. The van der Waals surface area contributed by atoms with Crippen molar-refractivity contribution in [2.45, 2.75) is 6.29 Å². The van der Waals surface area contributed by atoms with Gasteiger partial charge in [-0.2, -0.15) is 0 Å². The van der Waals surface area contributed by atoms with Crippen molar-refractivity contribution in [3.63, 3.8) is 0 Å². The first-order chi connectivity index (χ1) is 7.10. The molecule has 4 nitrogen and oxygen atoms in total. The molecule has 0 fully saturated rings. The van der Waals surface area contributed by atoms with E-state index in [9.17, 15) is 4.79 Å². The van der Waals surface area contributed by atoms with Gasteiger partial charge in [-0.3, -0.25) is 4.79 Å². The molecule has 0 aliphatic carbocycles. The third-order valence-corrected chi connectivity index (χ3v) is 2.31. The summed E-state index contributed by atoms with van der Waals surface area (Å²) in [5.74, 6) is -0.515. The Labute approximate surface area is 92.9 Å². The highest BCUT2D eigenvalue weighted by Crippen LogP contribution is 2.26. The van der Waals surface area contributed by atoms with Crippen LogP contribution in [0.1, 0.15) is 22.2 Å². The normalized spacial score (nSPS) is 10.7. The first-order valence-corrected chi connectivity index (χ1v) is 4.62. The second kappa shape index (κ2) is 5.11. The van der Waals surface area contributed by atoms with Gasteiger partial charge in [-0.15, -0.1) is 0 Å². The smallest absolute Gasteiger partial charge is 0.248 e. The van der Waals surface area contributed by atoms with Gasteiger partial charge in [0.1, 0.15) is 0 Å². The maximum absolute atomic E-state index is 11.0. The number of nitrogens with two attached hydrogens (primary N) is 1. The van der Waals surface area contributed by atoms with Crippen molar-refractivity contribution in [1.82, 2.24) is 0 Å². The van der Waals surface area contributed by atoms with E-state index in [1.807, 2.05) is 0 Å². The molecule has 15 heavy (non-hydrogen) atoms. The van der Waals surface area contributed by atoms with Crippen LogP contribution in [0.3, 0.4) is 0 Å². The minimum Gasteiger partial charge on any atom is -0.366 e. The fraction of sp³-hybridized carbons (Fsp3) is 0.300. The summed E-state index contributed by atoms with van der Waals surface area (Å²) in [6.45, 7) is 0. The number of hydrogen-bond acceptors (Lipinski definition) is 3. The Hall–Kier alpha value is -1.10. The quantitative estimate of drug-likeness (QED) is 0.800. The highest BCUT2D eigenvalue weighted by atomic mass is 35.5. The van der Waals surface area contributed by atoms with Gasteiger partial charge in [0.15, 0.2) is 6.29 Å². The molecule has 0 aromatic heterocycles. The molecule has 5 heteroatoms. The molecule has 2 N–H and O–H groups in total. The number of methoxy groups -OCH3 is 2. The maximum atomic E-state index is 11.0. The van der Waals surface area contributed by atoms with Gasteiger partial charge in [0, 0.05) is 30.4 Å². The van der Waals surface area contributed by atoms with Gasteiger partial charge in [0.25, 0.3) is 0 Å². The molecule has 1 rings (SSSR count). The monoisotopic (exact) mass is 229 g/mol. The van der Waals surface area contributed by atoms with Gasteiger partial charge < -0.3 is 15.2 Å². The molecule has 1 aromatic carbocycles. The Bertz CT molecular complexity index is 364. The average molecular weight is 230 g/mol. The first kappa shape index (κ1) is 12.0. The SMILES string of the molecule is COC(OC)c1cc(C(N)=O)ccc1Cl. The van der Waals surface area contributed by atoms with Gasteiger partial charge in [-0.25, -0.2) is 0 Å². The highest BCUT2D eigenvalue weighted by Gasteiger charge is 2.14. The molecule has 0 saturated heterocycles. The van der Waals surface area contributed by atoms with Crippen molar-refractivity contribution in [3.05, 3.63) is 34.3 Å². The van der Waals surface area contributed by atoms with Crippen molar-refractivity contribution in [1.29, 1.82) is 0 Å². The van der Waals surface area contributed by atoms with Crippen LogP contribution in [-0.4, -0.2) is 20.1 Å². The summed E-state index contributed by atoms with van der Waals surface area (Å²) in [7, 11) is 2.98. The molecule has 0 aliphatic rings. The second-order valence-corrected chi connectivity index (χ2v) is 3.31. The number of carbonyl (C=O) groups excluding carboxylic acids is 1. The summed E-state index contributed by atoms with van der Waals surface area (Å²) in [6, 6.07) is 4.70. The van der Waals surface area contributed by atoms with E-state index in [2.05, 4.69) is 0 Å². The van der Waals surface area contributed by atoms with Crippen molar-refractivity contribution in [2.75, 3.05) is 14.2 Å². The highest BCUT2D eigenvalue weighted by molar-refractivity contribution is 6.31. The zero-order chi connectivity index (χ0) is 11.4. The lowest BCUT2D eigenvalue weighted by Gasteiger charge is -2.15. The summed E-state index contributed by atoms with van der Waals surface area (Å²) in [6.07, 6.45) is -0.600. The molecule has 0 saturated carbocycles. The average Bonchev–Trinajstić information content (AvgIpc) is 2.22. The van der Waals surface area contributed by atoms with Gasteiger partial charge in [0.2, 0.25) is 5.91 Å². The van der Waals surface area contributed by atoms with Crippen molar-refractivity contribution in [3.8, 4) is 0 Å². The topological polar surface area (TPSA) is 61.6 Å². The summed E-state index contributed by atoms with van der Waals surface area (Å²) in [5.41, 5.74) is 6.10. The third kappa shape index (κ3) is 2.68. The summed E-state index contributed by atoms with van der Waals surface area (Å²) >= 11 is 5.94. The number of ether oxygens (including phenoxy) is 2. The van der Waals surface area contributed by atoms with Crippen LogP contribution in [0.15, 0.2) is 18.2 Å². The zero-order valence-corrected chi connectivity index (χ0v) is 9.25. The number of halogens is 1. The summed E-state index contributed by atoms with van der Waals surface area (Å²) in [4.78, 5) is 11.0. The van der Waals surface area contributed by atoms with Crippen molar-refractivity contribution in [2.24, 2.45) is 5.73 Å². The van der Waals surface area contributed by atoms with E-state index < -0.39 is 12.2 Å². The minimum absolute atomic E-state index is 0.369. The maximum Gasteiger partial charge on any atom is 0.248 e. The first-order valence-electron chi connectivity index (χ1n) is 4.25. The molecule has 0 heterocycles. The standard InChI is InChI=1S/C10H12ClNO3/c1-14-10(15-2)7-5-6(9(12)13)3-4-8(7)11/h3-5,10H,1-2H3,(H2,12,13). The molecule has 82 valence electrons. The van der Waals surface area contributed by atoms with Crippen LogP contribution in [-0.2, 0) is 9.47 Å². The Morgan fingerprint density at radius 3 is 2.47 bits per heavy atom. The lowest BCUT2D eigenvalue weighted by atomic mass is 10.1. The number of amides is 1. The van der Waals surface area contributed by atoms with E-state index in [0.29, 0.717) is 16.1 Å². The van der Waals surface area contributed by atoms with Crippen molar-refractivity contribution >= 4 is 17.5 Å². The predicted molar refractivity (Wildman–Crippen MR) is 56.7 cm³/mol. The van der Waals surface area contributed by atoms with Gasteiger partial charge in [-0.05, 0) is 18.2 Å². The summed E-state index contributed by atoms with van der Waals surface area (Å²) < 4.78 is 10.1. The molecule has 1 amide bonds. The molecular weight excluding hydrogens is 218 g/mol. The Morgan fingerprint density at radius 2 is 2.00 bits per heavy atom. The van der Waals surface area contributed by atoms with E-state index in [0.717, 1.165) is 0 Å². The van der Waals surface area contributed by atoms with Crippen LogP contribution in [0.25, 0.3) is 0 Å². The Kier molecular flexibility index (Phi) is 4.08. The number of carbonyl (C=O) groups is 1. The lowest BCUT2D eigenvalue weighted by molar-refractivity contribution is -0.105. The van der Waals surface area contributed by atoms with Crippen molar-refractivity contribution < 1.29 is 14.3 Å². The second-order valence-electron chi connectivity index (χ2n) is 2.90. The van der Waals surface area contributed by atoms with E-state index in [1.165, 1.54) is 14.2 Å². The van der Waals surface area contributed by atoms with Gasteiger partial charge in [-0.1, -0.05) is 11.6 Å². The zero-order valence-electron chi connectivity index (χ0n) is 8.49. The summed E-state index contributed by atoms with van der Waals surface area (Å²) in [5, 5.41) is 0.466.